The van der Waals surface area contributed by atoms with Gasteiger partial charge in [-0.25, -0.2) is 0 Å². The van der Waals surface area contributed by atoms with E-state index >= 15 is 0 Å². The molecule has 1 saturated carbocycles. The van der Waals surface area contributed by atoms with E-state index in [2.05, 4.69) is 108 Å². The molecule has 7 rings (SSSR count). The highest BCUT2D eigenvalue weighted by Crippen LogP contribution is 2.45. The molecule has 2 heteroatoms. The van der Waals surface area contributed by atoms with Crippen molar-refractivity contribution in [2.75, 3.05) is 5.32 Å². The molecule has 0 atom stereocenters. The molecular formula is C34H29NO. The van der Waals surface area contributed by atoms with E-state index < -0.39 is 0 Å². The van der Waals surface area contributed by atoms with Crippen molar-refractivity contribution >= 4 is 44.1 Å². The van der Waals surface area contributed by atoms with E-state index in [0.717, 1.165) is 22.5 Å². The van der Waals surface area contributed by atoms with Crippen molar-refractivity contribution in [2.24, 2.45) is 0 Å². The number of anilines is 2. The Morgan fingerprint density at radius 2 is 1.33 bits per heavy atom. The van der Waals surface area contributed by atoms with E-state index in [0.29, 0.717) is 5.92 Å². The summed E-state index contributed by atoms with van der Waals surface area (Å²) in [6.07, 6.45) is 6.47. The zero-order valence-corrected chi connectivity index (χ0v) is 20.3. The van der Waals surface area contributed by atoms with Gasteiger partial charge in [0.15, 0.2) is 5.58 Å². The Labute approximate surface area is 211 Å². The maximum atomic E-state index is 6.83. The number of fused-ring (bicyclic) bond motifs is 5. The molecule has 176 valence electrons. The van der Waals surface area contributed by atoms with Crippen molar-refractivity contribution < 1.29 is 4.42 Å². The second kappa shape index (κ2) is 8.87. The second-order valence-electron chi connectivity index (χ2n) is 10.0. The van der Waals surface area contributed by atoms with Crippen molar-refractivity contribution in [3.8, 4) is 11.1 Å². The minimum absolute atomic E-state index is 0.571. The van der Waals surface area contributed by atoms with Crippen LogP contribution in [0.2, 0.25) is 0 Å². The van der Waals surface area contributed by atoms with Crippen LogP contribution in [-0.4, -0.2) is 0 Å². The van der Waals surface area contributed by atoms with E-state index in [1.807, 2.05) is 0 Å². The molecule has 6 aromatic rings. The number of rotatable bonds is 4. The molecule has 0 saturated heterocycles. The van der Waals surface area contributed by atoms with Crippen LogP contribution < -0.4 is 5.32 Å². The first-order valence-corrected chi connectivity index (χ1v) is 13.2. The van der Waals surface area contributed by atoms with Crippen molar-refractivity contribution in [1.82, 2.24) is 0 Å². The summed E-state index contributed by atoms with van der Waals surface area (Å²) in [7, 11) is 0. The summed E-state index contributed by atoms with van der Waals surface area (Å²) in [4.78, 5) is 0. The van der Waals surface area contributed by atoms with E-state index in [1.54, 1.807) is 0 Å². The third-order valence-electron chi connectivity index (χ3n) is 7.85. The third-order valence-corrected chi connectivity index (χ3v) is 7.85. The van der Waals surface area contributed by atoms with Gasteiger partial charge in [-0.2, -0.15) is 0 Å². The van der Waals surface area contributed by atoms with E-state index in [-0.39, 0.29) is 0 Å². The standard InChI is InChI=1S/C34H29NO/c1-3-12-23(13-4-1)26-17-9-10-20-30(26)35-31-21-11-19-28-32-27-18-8-7-16-25(27)22-29(34(32)36-33(28)31)24-14-5-2-6-15-24/h1,3-4,7-13,16-22,24,35H,2,5-6,14-15H2. The first kappa shape index (κ1) is 21.3. The van der Waals surface area contributed by atoms with Crippen LogP contribution in [0.4, 0.5) is 11.4 Å². The van der Waals surface area contributed by atoms with E-state index in [9.17, 15) is 0 Å². The summed E-state index contributed by atoms with van der Waals surface area (Å²) in [6.45, 7) is 0. The summed E-state index contributed by atoms with van der Waals surface area (Å²) in [5.41, 5.74) is 7.85. The predicted molar refractivity (Wildman–Crippen MR) is 152 cm³/mol. The lowest BCUT2D eigenvalue weighted by atomic mass is 9.82. The average Bonchev–Trinajstić information content (AvgIpc) is 3.35. The molecule has 2 nitrogen and oxygen atoms in total. The molecule has 0 bridgehead atoms. The van der Waals surface area contributed by atoms with Gasteiger partial charge in [-0.05, 0) is 58.9 Å². The van der Waals surface area contributed by atoms with Crippen molar-refractivity contribution in [3.63, 3.8) is 0 Å². The normalized spacial score (nSPS) is 14.6. The minimum Gasteiger partial charge on any atom is -0.454 e. The van der Waals surface area contributed by atoms with Gasteiger partial charge in [-0.1, -0.05) is 104 Å². The molecule has 5 aromatic carbocycles. The van der Waals surface area contributed by atoms with Crippen molar-refractivity contribution in [2.45, 2.75) is 38.0 Å². The molecule has 1 aliphatic rings. The molecule has 0 amide bonds. The van der Waals surface area contributed by atoms with E-state index in [4.69, 9.17) is 4.42 Å². The Bertz CT molecular complexity index is 1690. The summed E-state index contributed by atoms with van der Waals surface area (Å²) in [5, 5.41) is 8.74. The fourth-order valence-electron chi connectivity index (χ4n) is 6.10. The van der Waals surface area contributed by atoms with Crippen LogP contribution in [-0.2, 0) is 0 Å². The second-order valence-corrected chi connectivity index (χ2v) is 10.0. The van der Waals surface area contributed by atoms with Crippen molar-refractivity contribution in [3.05, 3.63) is 109 Å². The van der Waals surface area contributed by atoms with Gasteiger partial charge in [0, 0.05) is 22.0 Å². The Hall–Kier alpha value is -4.04. The Morgan fingerprint density at radius 3 is 2.22 bits per heavy atom. The molecule has 0 unspecified atom stereocenters. The maximum absolute atomic E-state index is 6.83. The number of furan rings is 1. The van der Waals surface area contributed by atoms with Gasteiger partial charge in [-0.15, -0.1) is 0 Å². The topological polar surface area (TPSA) is 25.2 Å². The highest BCUT2D eigenvalue weighted by molar-refractivity contribution is 6.21. The first-order chi connectivity index (χ1) is 17.9. The van der Waals surface area contributed by atoms with Gasteiger partial charge in [0.2, 0.25) is 0 Å². The number of para-hydroxylation sites is 2. The van der Waals surface area contributed by atoms with Gasteiger partial charge in [-0.3, -0.25) is 0 Å². The van der Waals surface area contributed by atoms with Gasteiger partial charge in [0.05, 0.1) is 5.69 Å². The smallest absolute Gasteiger partial charge is 0.158 e. The largest absolute Gasteiger partial charge is 0.454 e. The summed E-state index contributed by atoms with van der Waals surface area (Å²) in [5.74, 6) is 0.571. The summed E-state index contributed by atoms with van der Waals surface area (Å²) < 4.78 is 6.83. The zero-order chi connectivity index (χ0) is 23.9. The van der Waals surface area contributed by atoms with Gasteiger partial charge in [0.1, 0.15) is 5.58 Å². The zero-order valence-electron chi connectivity index (χ0n) is 20.3. The molecule has 1 fully saturated rings. The van der Waals surface area contributed by atoms with Crippen LogP contribution in [0.1, 0.15) is 43.6 Å². The monoisotopic (exact) mass is 467 g/mol. The number of benzene rings is 5. The number of hydrogen-bond donors (Lipinski definition) is 1. The van der Waals surface area contributed by atoms with Crippen LogP contribution in [0.15, 0.2) is 108 Å². The highest BCUT2D eigenvalue weighted by atomic mass is 16.3. The molecule has 1 N–H and O–H groups in total. The third kappa shape index (κ3) is 3.56. The molecular weight excluding hydrogens is 438 g/mol. The molecule has 1 heterocycles. The fraction of sp³-hybridized carbons (Fsp3) is 0.176. The first-order valence-electron chi connectivity index (χ1n) is 13.2. The van der Waals surface area contributed by atoms with Crippen LogP contribution in [0.25, 0.3) is 43.8 Å². The SMILES string of the molecule is c1ccc(-c2ccccc2Nc2cccc3c2oc2c(C4CCCCC4)cc4ccccc4c23)cc1. The molecule has 1 aromatic heterocycles. The van der Waals surface area contributed by atoms with E-state index in [1.165, 1.54) is 70.3 Å². The lowest BCUT2D eigenvalue weighted by molar-refractivity contribution is 0.442. The quantitative estimate of drug-likeness (QED) is 0.279. The van der Waals surface area contributed by atoms with Crippen LogP contribution in [0, 0.1) is 0 Å². The molecule has 0 spiro atoms. The molecule has 36 heavy (non-hydrogen) atoms. The van der Waals surface area contributed by atoms with Gasteiger partial charge in [0.25, 0.3) is 0 Å². The van der Waals surface area contributed by atoms with Gasteiger partial charge >= 0.3 is 0 Å². The molecule has 0 aliphatic heterocycles. The Balaban J connectivity index is 1.44. The number of nitrogens with one attached hydrogen (secondary N) is 1. The predicted octanol–water partition coefficient (Wildman–Crippen LogP) is 10.2. The van der Waals surface area contributed by atoms with Gasteiger partial charge < -0.3 is 9.73 Å². The van der Waals surface area contributed by atoms with Crippen molar-refractivity contribution in [1.29, 1.82) is 0 Å². The lowest BCUT2D eigenvalue weighted by Crippen LogP contribution is -2.04. The molecule has 0 radical (unpaired) electrons. The summed E-state index contributed by atoms with van der Waals surface area (Å²) in [6, 6.07) is 36.7. The average molecular weight is 468 g/mol. The lowest BCUT2D eigenvalue weighted by Gasteiger charge is -2.22. The fourth-order valence-corrected chi connectivity index (χ4v) is 6.10. The highest BCUT2D eigenvalue weighted by Gasteiger charge is 2.23. The van der Waals surface area contributed by atoms with Crippen LogP contribution >= 0.6 is 0 Å². The molecule has 1 aliphatic carbocycles. The van der Waals surface area contributed by atoms with Crippen LogP contribution in [0.5, 0.6) is 0 Å². The number of hydrogen-bond acceptors (Lipinski definition) is 2. The minimum atomic E-state index is 0.571. The van der Waals surface area contributed by atoms with Crippen LogP contribution in [0.3, 0.4) is 0 Å². The maximum Gasteiger partial charge on any atom is 0.158 e. The Morgan fingerprint density at radius 1 is 0.611 bits per heavy atom. The summed E-state index contributed by atoms with van der Waals surface area (Å²) >= 11 is 0. The Kier molecular flexibility index (Phi) is 5.24.